The zero-order valence-electron chi connectivity index (χ0n) is 32.9. The van der Waals surface area contributed by atoms with E-state index in [0.717, 1.165) is 35.2 Å². The fourth-order valence-corrected chi connectivity index (χ4v) is 14.5. The molecule has 2 heteroatoms. The predicted molar refractivity (Wildman–Crippen MR) is 221 cm³/mol. The van der Waals surface area contributed by atoms with Crippen molar-refractivity contribution in [2.24, 2.45) is 29.1 Å². The third-order valence-electron chi connectivity index (χ3n) is 16.8. The van der Waals surface area contributed by atoms with Crippen molar-refractivity contribution in [2.45, 2.75) is 108 Å². The smallest absolute Gasteiger partial charge is 0.133 e. The zero-order chi connectivity index (χ0) is 36.6. The summed E-state index contributed by atoms with van der Waals surface area (Å²) in [4.78, 5) is 2.54. The number of rotatable bonds is 3. The van der Waals surface area contributed by atoms with Crippen molar-refractivity contribution in [3.05, 3.63) is 137 Å². The van der Waals surface area contributed by atoms with Gasteiger partial charge >= 0.3 is 0 Å². The van der Waals surface area contributed by atoms with Crippen LogP contribution in [-0.2, 0) is 21.7 Å². The van der Waals surface area contributed by atoms with E-state index in [4.69, 9.17) is 4.74 Å². The van der Waals surface area contributed by atoms with Crippen LogP contribution in [0, 0.1) is 29.1 Å². The van der Waals surface area contributed by atoms with E-state index < -0.39 is 0 Å². The number of nitrogens with zero attached hydrogens (tertiary/aromatic N) is 1. The summed E-state index contributed by atoms with van der Waals surface area (Å²) in [5, 5.41) is 0. The third kappa shape index (κ3) is 3.79. The highest BCUT2D eigenvalue weighted by molar-refractivity contribution is 5.86. The molecule has 4 fully saturated rings. The van der Waals surface area contributed by atoms with Gasteiger partial charge in [-0.25, -0.2) is 0 Å². The maximum Gasteiger partial charge on any atom is 0.133 e. The molecule has 7 aliphatic rings. The van der Waals surface area contributed by atoms with Crippen molar-refractivity contribution in [3.63, 3.8) is 0 Å². The molecular formula is C52H53NO. The van der Waals surface area contributed by atoms with Crippen LogP contribution >= 0.6 is 0 Å². The Morgan fingerprint density at radius 3 is 1.80 bits per heavy atom. The summed E-state index contributed by atoms with van der Waals surface area (Å²) in [7, 11) is 0. The lowest BCUT2D eigenvalue weighted by atomic mass is 9.37. The SMILES string of the molecule is CC1(C)CCC(C)(C)c2cc(N(c3ccc4c(c3)Oc3ccccc3C43C4CC5CC6CC3C4(C5)C6)c3ccc4c(c3)C(C)(C)c3ccccc3-4)ccc21. The van der Waals surface area contributed by atoms with Crippen LogP contribution in [0.2, 0.25) is 0 Å². The monoisotopic (exact) mass is 707 g/mol. The first kappa shape index (κ1) is 32.0. The van der Waals surface area contributed by atoms with Crippen LogP contribution in [0.5, 0.6) is 11.5 Å². The van der Waals surface area contributed by atoms with E-state index in [9.17, 15) is 0 Å². The average molecular weight is 708 g/mol. The summed E-state index contributed by atoms with van der Waals surface area (Å²) in [6.07, 6.45) is 9.60. The van der Waals surface area contributed by atoms with Gasteiger partial charge in [0.05, 0.1) is 0 Å². The maximum absolute atomic E-state index is 7.08. The molecule has 12 rings (SSSR count). The van der Waals surface area contributed by atoms with Crippen LogP contribution < -0.4 is 9.64 Å². The summed E-state index contributed by atoms with van der Waals surface area (Å²) in [5.41, 5.74) is 15.9. The molecule has 0 aromatic heterocycles. The molecule has 54 heavy (non-hydrogen) atoms. The molecule has 4 unspecified atom stereocenters. The lowest BCUT2D eigenvalue weighted by Gasteiger charge is -2.66. The van der Waals surface area contributed by atoms with Crippen molar-refractivity contribution >= 4 is 17.1 Å². The fraction of sp³-hybridized carbons (Fsp3) is 0.423. The molecule has 1 aliphatic heterocycles. The van der Waals surface area contributed by atoms with E-state index in [1.165, 1.54) is 107 Å². The molecule has 2 nitrogen and oxygen atoms in total. The number of ether oxygens (including phenoxy) is 1. The van der Waals surface area contributed by atoms with Gasteiger partial charge in [0.2, 0.25) is 0 Å². The Bertz CT molecular complexity index is 2420. The topological polar surface area (TPSA) is 12.5 Å². The molecule has 0 radical (unpaired) electrons. The highest BCUT2D eigenvalue weighted by Crippen LogP contribution is 2.85. The van der Waals surface area contributed by atoms with E-state index in [2.05, 4.69) is 150 Å². The van der Waals surface area contributed by atoms with Crippen LogP contribution in [0.1, 0.15) is 120 Å². The summed E-state index contributed by atoms with van der Waals surface area (Å²) in [6.45, 7) is 14.5. The van der Waals surface area contributed by atoms with E-state index in [1.807, 2.05) is 0 Å². The molecule has 0 saturated heterocycles. The Balaban J connectivity index is 1.06. The Labute approximate surface area is 322 Å². The van der Waals surface area contributed by atoms with Crippen molar-refractivity contribution in [3.8, 4) is 22.6 Å². The first-order valence-electron chi connectivity index (χ1n) is 21.0. The lowest BCUT2D eigenvalue weighted by Crippen LogP contribution is -2.64. The van der Waals surface area contributed by atoms with Gasteiger partial charge in [-0.2, -0.15) is 0 Å². The summed E-state index contributed by atoms with van der Waals surface area (Å²) in [6, 6.07) is 40.1. The van der Waals surface area contributed by atoms with E-state index in [-0.39, 0.29) is 21.7 Å². The molecule has 6 aliphatic carbocycles. The zero-order valence-corrected chi connectivity index (χ0v) is 32.9. The van der Waals surface area contributed by atoms with Crippen molar-refractivity contribution in [2.75, 3.05) is 4.90 Å². The van der Waals surface area contributed by atoms with Crippen LogP contribution in [-0.4, -0.2) is 0 Å². The molecule has 2 spiro atoms. The Morgan fingerprint density at radius 1 is 0.500 bits per heavy atom. The highest BCUT2D eigenvalue weighted by Gasteiger charge is 2.79. The molecule has 0 N–H and O–H groups in total. The molecule has 3 bridgehead atoms. The first-order chi connectivity index (χ1) is 25.9. The number of hydrogen-bond donors (Lipinski definition) is 0. The minimum Gasteiger partial charge on any atom is -0.457 e. The summed E-state index contributed by atoms with van der Waals surface area (Å²) < 4.78 is 7.08. The molecule has 272 valence electrons. The van der Waals surface area contributed by atoms with Crippen molar-refractivity contribution in [1.29, 1.82) is 0 Å². The molecule has 5 aromatic carbocycles. The number of anilines is 3. The number of benzene rings is 5. The van der Waals surface area contributed by atoms with Gasteiger partial charge in [-0.05, 0) is 155 Å². The predicted octanol–water partition coefficient (Wildman–Crippen LogP) is 13.7. The fourth-order valence-electron chi connectivity index (χ4n) is 14.5. The second-order valence-electron chi connectivity index (χ2n) is 20.6. The van der Waals surface area contributed by atoms with Crippen molar-refractivity contribution in [1.82, 2.24) is 0 Å². The quantitative estimate of drug-likeness (QED) is 0.185. The number of para-hydroxylation sites is 1. The molecule has 1 heterocycles. The second kappa shape index (κ2) is 10.1. The summed E-state index contributed by atoms with van der Waals surface area (Å²) >= 11 is 0. The Hall–Kier alpha value is -4.30. The maximum atomic E-state index is 7.08. The Morgan fingerprint density at radius 2 is 1.06 bits per heavy atom. The molecule has 4 atom stereocenters. The van der Waals surface area contributed by atoms with Crippen LogP contribution in [0.15, 0.2) is 103 Å². The van der Waals surface area contributed by atoms with E-state index in [1.54, 1.807) is 0 Å². The number of fused-ring (bicyclic) bond motifs is 12. The van der Waals surface area contributed by atoms with E-state index >= 15 is 0 Å². The minimum absolute atomic E-state index is 0.0717. The third-order valence-corrected chi connectivity index (χ3v) is 16.8. The molecule has 5 aromatic rings. The van der Waals surface area contributed by atoms with Gasteiger partial charge < -0.3 is 9.64 Å². The van der Waals surface area contributed by atoms with Crippen LogP contribution in [0.3, 0.4) is 0 Å². The van der Waals surface area contributed by atoms with Crippen LogP contribution in [0.25, 0.3) is 11.1 Å². The minimum atomic E-state index is -0.0789. The molecule has 4 saturated carbocycles. The van der Waals surface area contributed by atoms with Gasteiger partial charge in [0.25, 0.3) is 0 Å². The standard InChI is InChI=1S/C52H53NO/c1-48(2)21-22-49(3,4)43-27-34(16-19-39(43)48)53(33-15-18-37-36-11-7-8-12-38(36)50(5,6)42(37)26-33)35-17-20-41-45(28-35)54-44-14-10-9-13-40(44)52(41)46-24-31-23-32-25-47(52)51(46,29-31)30-32/h7-20,26-28,31-32,46-47H,21-25,29-30H2,1-6H3. The lowest BCUT2D eigenvalue weighted by molar-refractivity contribution is -0.0882. The van der Waals surface area contributed by atoms with E-state index in [0.29, 0.717) is 5.41 Å². The average Bonchev–Trinajstić information content (AvgIpc) is 3.66. The second-order valence-corrected chi connectivity index (χ2v) is 20.6. The van der Waals surface area contributed by atoms with Gasteiger partial charge in [0, 0.05) is 45.1 Å². The Kier molecular flexibility index (Phi) is 5.99. The van der Waals surface area contributed by atoms with Gasteiger partial charge in [0.1, 0.15) is 11.5 Å². The molecule has 0 amide bonds. The van der Waals surface area contributed by atoms with Gasteiger partial charge in [-0.1, -0.05) is 102 Å². The van der Waals surface area contributed by atoms with Gasteiger partial charge in [-0.15, -0.1) is 0 Å². The van der Waals surface area contributed by atoms with Gasteiger partial charge in [0.15, 0.2) is 0 Å². The van der Waals surface area contributed by atoms with Crippen molar-refractivity contribution < 1.29 is 4.74 Å². The normalized spacial score (nSPS) is 31.4. The summed E-state index contributed by atoms with van der Waals surface area (Å²) in [5.74, 6) is 5.45. The number of hydrogen-bond acceptors (Lipinski definition) is 2. The first-order valence-corrected chi connectivity index (χ1v) is 21.0. The largest absolute Gasteiger partial charge is 0.457 e. The van der Waals surface area contributed by atoms with Gasteiger partial charge in [-0.3, -0.25) is 0 Å². The highest BCUT2D eigenvalue weighted by atomic mass is 16.5. The molecular weight excluding hydrogens is 655 g/mol. The van der Waals surface area contributed by atoms with Crippen LogP contribution in [0.4, 0.5) is 17.1 Å².